The van der Waals surface area contributed by atoms with Crippen molar-refractivity contribution in [3.05, 3.63) is 28.5 Å². The molecule has 2 N–H and O–H groups in total. The zero-order valence-corrected chi connectivity index (χ0v) is 11.8. The molecule has 7 heteroatoms. The molecule has 0 amide bonds. The molecular weight excluding hydrogens is 319 g/mol. The SMILES string of the molecule is COC(=O)C[C@H](N)c1ccc(Br)cn1.Cl.Cl. The van der Waals surface area contributed by atoms with Crippen LogP contribution in [-0.4, -0.2) is 18.1 Å². The van der Waals surface area contributed by atoms with Crippen molar-refractivity contribution < 1.29 is 9.53 Å². The lowest BCUT2D eigenvalue weighted by molar-refractivity contribution is -0.141. The maximum Gasteiger partial charge on any atom is 0.307 e. The van der Waals surface area contributed by atoms with Crippen LogP contribution in [0.1, 0.15) is 18.2 Å². The number of ether oxygens (including phenoxy) is 1. The molecule has 0 saturated heterocycles. The van der Waals surface area contributed by atoms with Crippen LogP contribution in [0.15, 0.2) is 22.8 Å². The summed E-state index contributed by atoms with van der Waals surface area (Å²) in [5, 5.41) is 0. The fraction of sp³-hybridized carbons (Fsp3) is 0.333. The van der Waals surface area contributed by atoms with Gasteiger partial charge in [0.15, 0.2) is 0 Å². The number of pyridine rings is 1. The number of hydrogen-bond donors (Lipinski definition) is 1. The zero-order valence-electron chi connectivity index (χ0n) is 8.55. The van der Waals surface area contributed by atoms with E-state index in [1.807, 2.05) is 6.07 Å². The Morgan fingerprint density at radius 1 is 1.56 bits per heavy atom. The molecule has 0 aromatic carbocycles. The lowest BCUT2D eigenvalue weighted by Gasteiger charge is -2.08. The van der Waals surface area contributed by atoms with Crippen molar-refractivity contribution in [3.8, 4) is 0 Å². The topological polar surface area (TPSA) is 65.2 Å². The van der Waals surface area contributed by atoms with Gasteiger partial charge in [0.05, 0.1) is 25.3 Å². The molecule has 1 aromatic rings. The molecule has 92 valence electrons. The number of nitrogens with two attached hydrogens (primary N) is 1. The Labute approximate surface area is 115 Å². The van der Waals surface area contributed by atoms with E-state index >= 15 is 0 Å². The first-order valence-electron chi connectivity index (χ1n) is 4.07. The van der Waals surface area contributed by atoms with Gasteiger partial charge in [-0.15, -0.1) is 24.8 Å². The van der Waals surface area contributed by atoms with Crippen LogP contribution in [0, 0.1) is 0 Å². The van der Waals surface area contributed by atoms with Gasteiger partial charge in [-0.2, -0.15) is 0 Å². The van der Waals surface area contributed by atoms with E-state index in [9.17, 15) is 4.79 Å². The van der Waals surface area contributed by atoms with Crippen molar-refractivity contribution in [2.24, 2.45) is 5.73 Å². The molecule has 0 radical (unpaired) electrons. The predicted molar refractivity (Wildman–Crippen MR) is 70.0 cm³/mol. The van der Waals surface area contributed by atoms with Crippen molar-refractivity contribution in [1.29, 1.82) is 0 Å². The molecule has 0 aliphatic carbocycles. The van der Waals surface area contributed by atoms with E-state index < -0.39 is 6.04 Å². The number of carbonyl (C=O) groups is 1. The van der Waals surface area contributed by atoms with Crippen LogP contribution in [-0.2, 0) is 9.53 Å². The number of nitrogens with zero attached hydrogens (tertiary/aromatic N) is 1. The average Bonchev–Trinajstić information content (AvgIpc) is 2.18. The van der Waals surface area contributed by atoms with E-state index in [1.54, 1.807) is 12.3 Å². The number of halogens is 3. The first-order chi connectivity index (χ1) is 6.63. The second-order valence-electron chi connectivity index (χ2n) is 2.79. The van der Waals surface area contributed by atoms with Crippen molar-refractivity contribution in [1.82, 2.24) is 4.98 Å². The van der Waals surface area contributed by atoms with Crippen molar-refractivity contribution >= 4 is 46.7 Å². The fourth-order valence-electron chi connectivity index (χ4n) is 0.974. The number of esters is 1. The Balaban J connectivity index is 0. The number of hydrogen-bond acceptors (Lipinski definition) is 4. The highest BCUT2D eigenvalue weighted by Gasteiger charge is 2.12. The summed E-state index contributed by atoms with van der Waals surface area (Å²) in [5.41, 5.74) is 6.42. The summed E-state index contributed by atoms with van der Waals surface area (Å²) in [6.07, 6.45) is 1.79. The molecule has 0 bridgehead atoms. The molecular formula is C9H13BrCl2N2O2. The third-order valence-corrected chi connectivity index (χ3v) is 2.21. The zero-order chi connectivity index (χ0) is 10.6. The second kappa shape index (κ2) is 8.75. The highest BCUT2D eigenvalue weighted by atomic mass is 79.9. The van der Waals surface area contributed by atoms with Crippen LogP contribution >= 0.6 is 40.7 Å². The average molecular weight is 332 g/mol. The quantitative estimate of drug-likeness (QED) is 0.863. The molecule has 0 aliphatic heterocycles. The van der Waals surface area contributed by atoms with Gasteiger partial charge in [-0.05, 0) is 28.1 Å². The molecule has 1 aromatic heterocycles. The van der Waals surface area contributed by atoms with Gasteiger partial charge in [0.25, 0.3) is 0 Å². The first kappa shape index (κ1) is 18.0. The van der Waals surface area contributed by atoms with Crippen LogP contribution in [0.5, 0.6) is 0 Å². The first-order valence-corrected chi connectivity index (χ1v) is 4.86. The van der Waals surface area contributed by atoms with Crippen LogP contribution in [0.25, 0.3) is 0 Å². The van der Waals surface area contributed by atoms with E-state index in [1.165, 1.54) is 7.11 Å². The summed E-state index contributed by atoms with van der Waals surface area (Å²) >= 11 is 3.26. The predicted octanol–water partition coefficient (Wildman–Crippen LogP) is 2.25. The van der Waals surface area contributed by atoms with Crippen LogP contribution < -0.4 is 5.73 Å². The number of carbonyl (C=O) groups excluding carboxylic acids is 1. The Bertz CT molecular complexity index is 322. The molecule has 0 saturated carbocycles. The molecule has 0 fully saturated rings. The van der Waals surface area contributed by atoms with E-state index in [-0.39, 0.29) is 37.2 Å². The summed E-state index contributed by atoms with van der Waals surface area (Å²) < 4.78 is 5.39. The van der Waals surface area contributed by atoms with Crippen LogP contribution in [0.2, 0.25) is 0 Å². The molecule has 1 heterocycles. The van der Waals surface area contributed by atoms with Crippen molar-refractivity contribution in [2.45, 2.75) is 12.5 Å². The van der Waals surface area contributed by atoms with Gasteiger partial charge < -0.3 is 10.5 Å². The second-order valence-corrected chi connectivity index (χ2v) is 3.70. The van der Waals surface area contributed by atoms with E-state index in [2.05, 4.69) is 25.7 Å². The number of methoxy groups -OCH3 is 1. The smallest absolute Gasteiger partial charge is 0.307 e. The standard InChI is InChI=1S/C9H11BrN2O2.2ClH/c1-14-9(13)4-7(11)8-3-2-6(10)5-12-8;;/h2-3,5,7H,4,11H2,1H3;2*1H/t7-;;/m0../s1. The minimum atomic E-state index is -0.407. The summed E-state index contributed by atoms with van der Waals surface area (Å²) in [6.45, 7) is 0. The Morgan fingerprint density at radius 2 is 2.19 bits per heavy atom. The van der Waals surface area contributed by atoms with Gasteiger partial charge in [-0.1, -0.05) is 0 Å². The van der Waals surface area contributed by atoms with E-state index in [0.29, 0.717) is 5.69 Å². The minimum Gasteiger partial charge on any atom is -0.469 e. The van der Waals surface area contributed by atoms with Gasteiger partial charge in [-0.25, -0.2) is 0 Å². The molecule has 0 spiro atoms. The van der Waals surface area contributed by atoms with Gasteiger partial charge in [-0.3, -0.25) is 9.78 Å². The summed E-state index contributed by atoms with van der Waals surface area (Å²) in [4.78, 5) is 15.0. The summed E-state index contributed by atoms with van der Waals surface area (Å²) in [7, 11) is 1.34. The summed E-state index contributed by atoms with van der Waals surface area (Å²) in [5.74, 6) is -0.331. The maximum absolute atomic E-state index is 10.9. The minimum absolute atomic E-state index is 0. The van der Waals surface area contributed by atoms with Crippen molar-refractivity contribution in [3.63, 3.8) is 0 Å². The summed E-state index contributed by atoms with van der Waals surface area (Å²) in [6, 6.07) is 3.20. The molecule has 4 nitrogen and oxygen atoms in total. The van der Waals surface area contributed by atoms with Gasteiger partial charge in [0, 0.05) is 10.7 Å². The third-order valence-electron chi connectivity index (χ3n) is 1.74. The third kappa shape index (κ3) is 5.65. The van der Waals surface area contributed by atoms with Gasteiger partial charge in [0.2, 0.25) is 0 Å². The molecule has 1 rings (SSSR count). The van der Waals surface area contributed by atoms with Gasteiger partial charge >= 0.3 is 5.97 Å². The molecule has 0 unspecified atom stereocenters. The van der Waals surface area contributed by atoms with Crippen molar-refractivity contribution in [2.75, 3.05) is 7.11 Å². The highest BCUT2D eigenvalue weighted by molar-refractivity contribution is 9.10. The number of aromatic nitrogens is 1. The van der Waals surface area contributed by atoms with E-state index in [0.717, 1.165) is 4.47 Å². The highest BCUT2D eigenvalue weighted by Crippen LogP contribution is 2.14. The number of rotatable bonds is 3. The largest absolute Gasteiger partial charge is 0.469 e. The van der Waals surface area contributed by atoms with Crippen LogP contribution in [0.4, 0.5) is 0 Å². The Hall–Kier alpha value is -0.360. The normalized spacial score (nSPS) is 10.7. The van der Waals surface area contributed by atoms with Gasteiger partial charge in [0.1, 0.15) is 0 Å². The fourth-order valence-corrected chi connectivity index (χ4v) is 1.21. The molecule has 1 atom stereocenters. The van der Waals surface area contributed by atoms with E-state index in [4.69, 9.17) is 5.73 Å². The Kier molecular flexibility index (Phi) is 9.86. The molecule has 0 aliphatic rings. The maximum atomic E-state index is 10.9. The monoisotopic (exact) mass is 330 g/mol. The lowest BCUT2D eigenvalue weighted by atomic mass is 10.1. The lowest BCUT2D eigenvalue weighted by Crippen LogP contribution is -2.17. The Morgan fingerprint density at radius 3 is 2.62 bits per heavy atom. The van der Waals surface area contributed by atoms with Crippen LogP contribution in [0.3, 0.4) is 0 Å². The molecule has 16 heavy (non-hydrogen) atoms.